The topological polar surface area (TPSA) is 59.9 Å². The number of rotatable bonds is 6. The number of hydrogen-bond acceptors (Lipinski definition) is 4. The Bertz CT molecular complexity index is 864. The van der Waals surface area contributed by atoms with Crippen LogP contribution in [0.5, 0.6) is 5.75 Å². The number of ether oxygens (including phenoxy) is 1. The van der Waals surface area contributed by atoms with Gasteiger partial charge in [-0.05, 0) is 29.8 Å². The standard InChI is InChI=1S/C20H19F3N2O3/c1-27-15-8-6-13(7-9-15)10-14-11-16(28-25-14)12-24-19(26)17-4-2-3-5-18(17)20(21,22)23/h2-9,16H,10-12H2,1H3,(H,24,26). The largest absolute Gasteiger partial charge is 0.497 e. The Hall–Kier alpha value is -3.03. The summed E-state index contributed by atoms with van der Waals surface area (Å²) in [6.45, 7) is 0.0701. The van der Waals surface area contributed by atoms with Crippen LogP contribution >= 0.6 is 0 Å². The minimum Gasteiger partial charge on any atom is -0.497 e. The third kappa shape index (κ3) is 4.82. The van der Waals surface area contributed by atoms with Crippen LogP contribution < -0.4 is 10.1 Å². The van der Waals surface area contributed by atoms with Crippen molar-refractivity contribution in [1.29, 1.82) is 0 Å². The summed E-state index contributed by atoms with van der Waals surface area (Å²) in [4.78, 5) is 17.5. The van der Waals surface area contributed by atoms with Crippen LogP contribution in [-0.4, -0.2) is 31.4 Å². The zero-order valence-electron chi connectivity index (χ0n) is 15.1. The minimum atomic E-state index is -4.59. The summed E-state index contributed by atoms with van der Waals surface area (Å²) in [6, 6.07) is 12.2. The third-order valence-corrected chi connectivity index (χ3v) is 4.33. The van der Waals surface area contributed by atoms with Gasteiger partial charge >= 0.3 is 6.18 Å². The predicted octanol–water partition coefficient (Wildman–Crippen LogP) is 3.83. The molecule has 28 heavy (non-hydrogen) atoms. The Morgan fingerprint density at radius 1 is 1.21 bits per heavy atom. The van der Waals surface area contributed by atoms with E-state index in [1.165, 1.54) is 12.1 Å². The highest BCUT2D eigenvalue weighted by Crippen LogP contribution is 2.31. The lowest BCUT2D eigenvalue weighted by Crippen LogP contribution is -2.33. The molecule has 148 valence electrons. The van der Waals surface area contributed by atoms with Gasteiger partial charge in [0, 0.05) is 12.8 Å². The highest BCUT2D eigenvalue weighted by molar-refractivity contribution is 5.96. The molecule has 0 radical (unpaired) electrons. The van der Waals surface area contributed by atoms with Crippen molar-refractivity contribution >= 4 is 11.6 Å². The summed E-state index contributed by atoms with van der Waals surface area (Å²) < 4.78 is 44.2. The second-order valence-electron chi connectivity index (χ2n) is 6.37. The lowest BCUT2D eigenvalue weighted by Gasteiger charge is -2.14. The highest BCUT2D eigenvalue weighted by Gasteiger charge is 2.35. The van der Waals surface area contributed by atoms with Crippen molar-refractivity contribution in [3.05, 3.63) is 65.2 Å². The summed E-state index contributed by atoms with van der Waals surface area (Å²) >= 11 is 0. The number of hydrogen-bond donors (Lipinski definition) is 1. The number of alkyl halides is 3. The van der Waals surface area contributed by atoms with E-state index in [0.29, 0.717) is 12.8 Å². The number of benzene rings is 2. The number of methoxy groups -OCH3 is 1. The molecule has 1 amide bonds. The Labute approximate surface area is 160 Å². The number of carbonyl (C=O) groups excluding carboxylic acids is 1. The van der Waals surface area contributed by atoms with E-state index in [0.717, 1.165) is 29.2 Å². The van der Waals surface area contributed by atoms with E-state index >= 15 is 0 Å². The van der Waals surface area contributed by atoms with Gasteiger partial charge < -0.3 is 14.9 Å². The lowest BCUT2D eigenvalue weighted by molar-refractivity contribution is -0.137. The van der Waals surface area contributed by atoms with Crippen LogP contribution in [0, 0.1) is 0 Å². The first-order valence-electron chi connectivity index (χ1n) is 8.65. The maximum Gasteiger partial charge on any atom is 0.417 e. The molecule has 1 aliphatic heterocycles. The van der Waals surface area contributed by atoms with Gasteiger partial charge in [-0.3, -0.25) is 4.79 Å². The molecule has 1 unspecified atom stereocenters. The van der Waals surface area contributed by atoms with E-state index in [9.17, 15) is 18.0 Å². The number of nitrogens with one attached hydrogen (secondary N) is 1. The fourth-order valence-corrected chi connectivity index (χ4v) is 2.91. The molecule has 0 saturated heterocycles. The lowest BCUT2D eigenvalue weighted by atomic mass is 10.0. The molecule has 5 nitrogen and oxygen atoms in total. The summed E-state index contributed by atoms with van der Waals surface area (Å²) in [6.07, 6.45) is -3.92. The number of amides is 1. The van der Waals surface area contributed by atoms with Crippen molar-refractivity contribution in [2.45, 2.75) is 25.1 Å². The molecule has 2 aromatic rings. The van der Waals surface area contributed by atoms with Gasteiger partial charge in [-0.15, -0.1) is 0 Å². The van der Waals surface area contributed by atoms with Crippen LogP contribution in [0.4, 0.5) is 13.2 Å². The van der Waals surface area contributed by atoms with Gasteiger partial charge in [0.1, 0.15) is 11.9 Å². The van der Waals surface area contributed by atoms with E-state index in [1.807, 2.05) is 24.3 Å². The molecule has 0 saturated carbocycles. The molecule has 2 aromatic carbocycles. The van der Waals surface area contributed by atoms with Gasteiger partial charge in [0.15, 0.2) is 0 Å². The van der Waals surface area contributed by atoms with Gasteiger partial charge in [-0.25, -0.2) is 0 Å². The first kappa shape index (κ1) is 19.7. The molecule has 0 aromatic heterocycles. The van der Waals surface area contributed by atoms with E-state index in [-0.39, 0.29) is 6.54 Å². The maximum absolute atomic E-state index is 13.0. The van der Waals surface area contributed by atoms with E-state index in [4.69, 9.17) is 9.57 Å². The van der Waals surface area contributed by atoms with Gasteiger partial charge in [0.05, 0.1) is 30.5 Å². The summed E-state index contributed by atoms with van der Waals surface area (Å²) in [5.41, 5.74) is 0.468. The van der Waals surface area contributed by atoms with Gasteiger partial charge in [-0.1, -0.05) is 29.4 Å². The molecule has 1 atom stereocenters. The first-order valence-corrected chi connectivity index (χ1v) is 8.65. The minimum absolute atomic E-state index is 0.0701. The molecule has 1 heterocycles. The van der Waals surface area contributed by atoms with Crippen LogP contribution in [0.15, 0.2) is 53.7 Å². The monoisotopic (exact) mass is 392 g/mol. The molecule has 1 aliphatic rings. The molecule has 3 rings (SSSR count). The average Bonchev–Trinajstić information content (AvgIpc) is 3.13. The van der Waals surface area contributed by atoms with Crippen LogP contribution in [0.1, 0.15) is 27.9 Å². The van der Waals surface area contributed by atoms with Crippen molar-refractivity contribution in [2.24, 2.45) is 5.16 Å². The zero-order valence-corrected chi connectivity index (χ0v) is 15.1. The first-order chi connectivity index (χ1) is 13.4. The predicted molar refractivity (Wildman–Crippen MR) is 97.4 cm³/mol. The molecule has 1 N–H and O–H groups in total. The molecular weight excluding hydrogens is 373 g/mol. The number of carbonyl (C=O) groups is 1. The SMILES string of the molecule is COc1ccc(CC2=NOC(CNC(=O)c3ccccc3C(F)(F)F)C2)cc1. The van der Waals surface area contributed by atoms with Crippen LogP contribution in [0.2, 0.25) is 0 Å². The fourth-order valence-electron chi connectivity index (χ4n) is 2.91. The van der Waals surface area contributed by atoms with E-state index < -0.39 is 29.3 Å². The molecule has 8 heteroatoms. The van der Waals surface area contributed by atoms with Crippen molar-refractivity contribution in [3.63, 3.8) is 0 Å². The van der Waals surface area contributed by atoms with Crippen LogP contribution in [0.3, 0.4) is 0 Å². The van der Waals surface area contributed by atoms with Gasteiger partial charge in [-0.2, -0.15) is 13.2 Å². The van der Waals surface area contributed by atoms with E-state index in [1.54, 1.807) is 7.11 Å². The van der Waals surface area contributed by atoms with Gasteiger partial charge in [0.25, 0.3) is 5.91 Å². The summed E-state index contributed by atoms with van der Waals surface area (Å²) in [5.74, 6) is -0.0341. The Morgan fingerprint density at radius 3 is 2.61 bits per heavy atom. The number of halogens is 3. The van der Waals surface area contributed by atoms with Crippen LogP contribution in [-0.2, 0) is 17.4 Å². The van der Waals surface area contributed by atoms with Crippen LogP contribution in [0.25, 0.3) is 0 Å². The fraction of sp³-hybridized carbons (Fsp3) is 0.300. The average molecular weight is 392 g/mol. The maximum atomic E-state index is 13.0. The molecule has 0 aliphatic carbocycles. The molecule has 0 spiro atoms. The number of oxime groups is 1. The third-order valence-electron chi connectivity index (χ3n) is 4.33. The second kappa shape index (κ2) is 8.33. The quantitative estimate of drug-likeness (QED) is 0.813. The Morgan fingerprint density at radius 2 is 1.93 bits per heavy atom. The Balaban J connectivity index is 1.52. The van der Waals surface area contributed by atoms with Crippen molar-refractivity contribution in [1.82, 2.24) is 5.32 Å². The molecule has 0 bridgehead atoms. The smallest absolute Gasteiger partial charge is 0.417 e. The molecular formula is C20H19F3N2O3. The Kier molecular flexibility index (Phi) is 5.87. The van der Waals surface area contributed by atoms with Crippen molar-refractivity contribution in [2.75, 3.05) is 13.7 Å². The van der Waals surface area contributed by atoms with E-state index in [2.05, 4.69) is 10.5 Å². The van der Waals surface area contributed by atoms with Crippen molar-refractivity contribution < 1.29 is 27.5 Å². The highest BCUT2D eigenvalue weighted by atomic mass is 19.4. The number of nitrogens with zero attached hydrogens (tertiary/aromatic N) is 1. The normalized spacial score (nSPS) is 16.3. The van der Waals surface area contributed by atoms with Gasteiger partial charge in [0.2, 0.25) is 0 Å². The molecule has 0 fully saturated rings. The summed E-state index contributed by atoms with van der Waals surface area (Å²) in [7, 11) is 1.59. The zero-order chi connectivity index (χ0) is 20.1. The second-order valence-corrected chi connectivity index (χ2v) is 6.37. The van der Waals surface area contributed by atoms with Crippen molar-refractivity contribution in [3.8, 4) is 5.75 Å². The summed E-state index contributed by atoms with van der Waals surface area (Å²) in [5, 5.41) is 6.52.